The highest BCUT2D eigenvalue weighted by atomic mass is 35.5. The van der Waals surface area contributed by atoms with Gasteiger partial charge in [0.2, 0.25) is 0 Å². The van der Waals surface area contributed by atoms with E-state index in [1.165, 1.54) is 0 Å². The Labute approximate surface area is 98.1 Å². The lowest BCUT2D eigenvalue weighted by Crippen LogP contribution is -2.15. The maximum atomic E-state index is 6.02. The second-order valence-corrected chi connectivity index (χ2v) is 5.46. The topological polar surface area (TPSA) is 18.5 Å². The second-order valence-electron chi connectivity index (χ2n) is 3.92. The zero-order valence-corrected chi connectivity index (χ0v) is 9.52. The number of rotatable bonds is 1. The molecule has 1 aliphatic carbocycles. The minimum Gasteiger partial charge on any atom is -0.486 e. The molecule has 0 radical (unpaired) electrons. The van der Waals surface area contributed by atoms with E-state index in [1.54, 1.807) is 0 Å². The molecule has 0 bridgehead atoms. The third-order valence-corrected chi connectivity index (χ3v) is 3.63. The number of fused-ring (bicyclic) bond motifs is 1. The summed E-state index contributed by atoms with van der Waals surface area (Å²) in [6, 6.07) is 5.91. The Kier molecular flexibility index (Phi) is 2.05. The van der Waals surface area contributed by atoms with Crippen molar-refractivity contribution in [2.45, 2.75) is 16.7 Å². The standard InChI is InChI=1S/C11H10Cl2O2/c12-11(13)6-8(11)7-1-2-9-10(5-7)15-4-3-14-9/h1-2,5,8H,3-4,6H2. The van der Waals surface area contributed by atoms with Gasteiger partial charge in [-0.1, -0.05) is 6.07 Å². The average molecular weight is 245 g/mol. The average Bonchev–Trinajstić information content (AvgIpc) is 2.87. The van der Waals surface area contributed by atoms with Gasteiger partial charge in [0.1, 0.15) is 17.5 Å². The van der Waals surface area contributed by atoms with E-state index < -0.39 is 4.33 Å². The first-order valence-electron chi connectivity index (χ1n) is 4.94. The number of benzene rings is 1. The largest absolute Gasteiger partial charge is 0.486 e. The van der Waals surface area contributed by atoms with Crippen LogP contribution in [0.25, 0.3) is 0 Å². The van der Waals surface area contributed by atoms with E-state index in [1.807, 2.05) is 18.2 Å². The lowest BCUT2D eigenvalue weighted by molar-refractivity contribution is 0.171. The van der Waals surface area contributed by atoms with Crippen LogP contribution in [0.3, 0.4) is 0 Å². The van der Waals surface area contributed by atoms with Gasteiger partial charge in [0.05, 0.1) is 0 Å². The Hall–Kier alpha value is -0.600. The Bertz CT molecular complexity index is 404. The molecule has 1 heterocycles. The van der Waals surface area contributed by atoms with Gasteiger partial charge in [-0.3, -0.25) is 0 Å². The van der Waals surface area contributed by atoms with Crippen molar-refractivity contribution in [1.82, 2.24) is 0 Å². The molecule has 2 nitrogen and oxygen atoms in total. The molecule has 3 rings (SSSR count). The van der Waals surface area contributed by atoms with Crippen LogP contribution in [-0.4, -0.2) is 17.5 Å². The Morgan fingerprint density at radius 1 is 1.13 bits per heavy atom. The van der Waals surface area contributed by atoms with Crippen LogP contribution in [-0.2, 0) is 0 Å². The normalized spacial score (nSPS) is 26.1. The SMILES string of the molecule is ClC1(Cl)CC1c1ccc2c(c1)OCCO2. The van der Waals surface area contributed by atoms with Crippen molar-refractivity contribution in [1.29, 1.82) is 0 Å². The van der Waals surface area contributed by atoms with Crippen molar-refractivity contribution >= 4 is 23.2 Å². The van der Waals surface area contributed by atoms with Crippen molar-refractivity contribution in [3.8, 4) is 11.5 Å². The van der Waals surface area contributed by atoms with E-state index in [9.17, 15) is 0 Å². The van der Waals surface area contributed by atoms with Crippen LogP contribution in [0.15, 0.2) is 18.2 Å². The molecular formula is C11H10Cl2O2. The third-order valence-electron chi connectivity index (χ3n) is 2.79. The van der Waals surface area contributed by atoms with Crippen LogP contribution >= 0.6 is 23.2 Å². The number of alkyl halides is 2. The van der Waals surface area contributed by atoms with Crippen molar-refractivity contribution in [3.63, 3.8) is 0 Å². The molecule has 4 heteroatoms. The highest BCUT2D eigenvalue weighted by Gasteiger charge is 2.52. The lowest BCUT2D eigenvalue weighted by Gasteiger charge is -2.18. The first-order valence-corrected chi connectivity index (χ1v) is 5.70. The molecule has 1 aromatic carbocycles. The summed E-state index contributed by atoms with van der Waals surface area (Å²) >= 11 is 12.0. The molecule has 1 saturated carbocycles. The van der Waals surface area contributed by atoms with Gasteiger partial charge < -0.3 is 9.47 Å². The molecule has 0 saturated heterocycles. The summed E-state index contributed by atoms with van der Waals surface area (Å²) in [5.41, 5.74) is 1.13. The smallest absolute Gasteiger partial charge is 0.161 e. The molecule has 0 N–H and O–H groups in total. The van der Waals surface area contributed by atoms with Gasteiger partial charge in [0, 0.05) is 5.92 Å². The molecule has 1 unspecified atom stereocenters. The van der Waals surface area contributed by atoms with Crippen molar-refractivity contribution < 1.29 is 9.47 Å². The summed E-state index contributed by atoms with van der Waals surface area (Å²) in [6.07, 6.45) is 0.815. The molecule has 2 aliphatic rings. The van der Waals surface area contributed by atoms with E-state index in [-0.39, 0.29) is 5.92 Å². The number of ether oxygens (including phenoxy) is 2. The molecule has 15 heavy (non-hydrogen) atoms. The van der Waals surface area contributed by atoms with Gasteiger partial charge in [-0.15, -0.1) is 23.2 Å². The maximum Gasteiger partial charge on any atom is 0.161 e. The van der Waals surface area contributed by atoms with Gasteiger partial charge in [-0.2, -0.15) is 0 Å². The van der Waals surface area contributed by atoms with E-state index in [4.69, 9.17) is 32.7 Å². The van der Waals surface area contributed by atoms with E-state index in [0.717, 1.165) is 23.5 Å². The Balaban J connectivity index is 1.92. The van der Waals surface area contributed by atoms with Crippen LogP contribution in [0.4, 0.5) is 0 Å². The highest BCUT2D eigenvalue weighted by Crippen LogP contribution is 2.60. The summed E-state index contributed by atoms with van der Waals surface area (Å²) in [6.45, 7) is 1.22. The Morgan fingerprint density at radius 3 is 2.47 bits per heavy atom. The van der Waals surface area contributed by atoms with Crippen LogP contribution in [0.5, 0.6) is 11.5 Å². The molecular weight excluding hydrogens is 235 g/mol. The van der Waals surface area contributed by atoms with Crippen LogP contribution in [0.2, 0.25) is 0 Å². The van der Waals surface area contributed by atoms with Crippen LogP contribution in [0.1, 0.15) is 17.9 Å². The van der Waals surface area contributed by atoms with Crippen molar-refractivity contribution in [2.24, 2.45) is 0 Å². The molecule has 80 valence electrons. The molecule has 0 aromatic heterocycles. The van der Waals surface area contributed by atoms with E-state index in [0.29, 0.717) is 13.2 Å². The summed E-state index contributed by atoms with van der Waals surface area (Å²) in [7, 11) is 0. The monoisotopic (exact) mass is 244 g/mol. The molecule has 0 spiro atoms. The van der Waals surface area contributed by atoms with Gasteiger partial charge in [0.25, 0.3) is 0 Å². The zero-order chi connectivity index (χ0) is 10.5. The number of hydrogen-bond donors (Lipinski definition) is 0. The van der Waals surface area contributed by atoms with Gasteiger partial charge >= 0.3 is 0 Å². The second kappa shape index (κ2) is 3.19. The molecule has 1 fully saturated rings. The minimum atomic E-state index is -0.580. The molecule has 1 aliphatic heterocycles. The zero-order valence-electron chi connectivity index (χ0n) is 8.00. The quantitative estimate of drug-likeness (QED) is 0.707. The van der Waals surface area contributed by atoms with Gasteiger partial charge in [0.15, 0.2) is 11.5 Å². The van der Waals surface area contributed by atoms with E-state index >= 15 is 0 Å². The van der Waals surface area contributed by atoms with Crippen molar-refractivity contribution in [3.05, 3.63) is 23.8 Å². The van der Waals surface area contributed by atoms with Gasteiger partial charge in [-0.25, -0.2) is 0 Å². The first-order chi connectivity index (χ1) is 7.17. The third kappa shape index (κ3) is 1.66. The van der Waals surface area contributed by atoms with Crippen LogP contribution in [0, 0.1) is 0 Å². The predicted molar refractivity (Wildman–Crippen MR) is 59.2 cm³/mol. The fraction of sp³-hybridized carbons (Fsp3) is 0.455. The maximum absolute atomic E-state index is 6.02. The highest BCUT2D eigenvalue weighted by molar-refractivity contribution is 6.51. The molecule has 1 aromatic rings. The van der Waals surface area contributed by atoms with Gasteiger partial charge in [-0.05, 0) is 24.1 Å². The minimum absolute atomic E-state index is 0.233. The number of hydrogen-bond acceptors (Lipinski definition) is 2. The predicted octanol–water partition coefficient (Wildman–Crippen LogP) is 3.12. The van der Waals surface area contributed by atoms with Crippen LogP contribution < -0.4 is 9.47 Å². The summed E-state index contributed by atoms with van der Waals surface area (Å²) < 4.78 is 10.4. The summed E-state index contributed by atoms with van der Waals surface area (Å²) in [5, 5.41) is 0. The molecule has 0 amide bonds. The molecule has 1 atom stereocenters. The first kappa shape index (κ1) is 9.61. The van der Waals surface area contributed by atoms with Crippen molar-refractivity contribution in [2.75, 3.05) is 13.2 Å². The fourth-order valence-corrected chi connectivity index (χ4v) is 2.41. The Morgan fingerprint density at radius 2 is 1.80 bits per heavy atom. The summed E-state index contributed by atoms with van der Waals surface area (Å²) in [5.74, 6) is 1.84. The van der Waals surface area contributed by atoms with E-state index in [2.05, 4.69) is 0 Å². The lowest BCUT2D eigenvalue weighted by atomic mass is 10.1. The fourth-order valence-electron chi connectivity index (χ4n) is 1.85. The number of halogens is 2. The summed E-state index contributed by atoms with van der Waals surface area (Å²) in [4.78, 5) is 0.